The maximum absolute atomic E-state index is 2.25. The van der Waals surface area contributed by atoms with Crippen LogP contribution in [0.5, 0.6) is 0 Å². The summed E-state index contributed by atoms with van der Waals surface area (Å²) < 4.78 is 0. The predicted molar refractivity (Wildman–Crippen MR) is 73.6 cm³/mol. The van der Waals surface area contributed by atoms with E-state index in [1.54, 1.807) is 0 Å². The van der Waals surface area contributed by atoms with E-state index in [1.165, 1.54) is 27.8 Å². The van der Waals surface area contributed by atoms with Crippen LogP contribution >= 0.6 is 0 Å². The number of hydrogen-bond donors (Lipinski definition) is 0. The Labute approximate surface area is 99.7 Å². The highest BCUT2D eigenvalue weighted by Crippen LogP contribution is 2.25. The van der Waals surface area contributed by atoms with Crippen molar-refractivity contribution in [2.75, 3.05) is 0 Å². The van der Waals surface area contributed by atoms with Crippen molar-refractivity contribution in [1.29, 1.82) is 0 Å². The molecule has 0 saturated carbocycles. The first-order valence-electron chi connectivity index (χ1n) is 6.00. The van der Waals surface area contributed by atoms with E-state index in [-0.39, 0.29) is 0 Å². The molecule has 0 unspecified atom stereocenters. The molecular formula is C16H22. The molecule has 0 aliphatic heterocycles. The van der Waals surface area contributed by atoms with Crippen LogP contribution in [0.4, 0.5) is 0 Å². The molecule has 1 aromatic rings. The Morgan fingerprint density at radius 3 is 2.44 bits per heavy atom. The third-order valence-corrected chi connectivity index (χ3v) is 3.00. The third-order valence-electron chi connectivity index (χ3n) is 3.00. The lowest BCUT2D eigenvalue weighted by Gasteiger charge is -2.11. The van der Waals surface area contributed by atoms with Crippen molar-refractivity contribution in [2.24, 2.45) is 0 Å². The Morgan fingerprint density at radius 2 is 1.94 bits per heavy atom. The molecule has 0 spiro atoms. The molecule has 86 valence electrons. The monoisotopic (exact) mass is 214 g/mol. The van der Waals surface area contributed by atoms with Gasteiger partial charge in [-0.3, -0.25) is 0 Å². The first-order chi connectivity index (χ1) is 7.60. The molecule has 0 saturated heterocycles. The van der Waals surface area contributed by atoms with Gasteiger partial charge in [-0.05, 0) is 50.8 Å². The van der Waals surface area contributed by atoms with Crippen LogP contribution in [0.3, 0.4) is 0 Å². The number of benzene rings is 1. The van der Waals surface area contributed by atoms with Gasteiger partial charge in [-0.15, -0.1) is 0 Å². The van der Waals surface area contributed by atoms with E-state index in [2.05, 4.69) is 65.0 Å². The van der Waals surface area contributed by atoms with Crippen molar-refractivity contribution in [1.82, 2.24) is 0 Å². The summed E-state index contributed by atoms with van der Waals surface area (Å²) in [6.45, 7) is 10.8. The topological polar surface area (TPSA) is 0 Å². The second-order valence-corrected chi connectivity index (χ2v) is 4.37. The van der Waals surface area contributed by atoms with E-state index in [0.29, 0.717) is 0 Å². The molecule has 0 aromatic heterocycles. The quantitative estimate of drug-likeness (QED) is 0.617. The van der Waals surface area contributed by atoms with E-state index < -0.39 is 0 Å². The summed E-state index contributed by atoms with van der Waals surface area (Å²) in [5.74, 6) is 0. The Bertz CT molecular complexity index is 420. The zero-order valence-electron chi connectivity index (χ0n) is 11.1. The standard InChI is InChI=1S/C16H22/c1-6-8-15(13(4)7-2)16-10-9-12(3)11-14(16)5/h6,8-11H,7H2,1-5H3/b8-6-,15-13+. The van der Waals surface area contributed by atoms with Crippen LogP contribution in [0.25, 0.3) is 5.57 Å². The lowest BCUT2D eigenvalue weighted by Crippen LogP contribution is -1.91. The summed E-state index contributed by atoms with van der Waals surface area (Å²) in [5.41, 5.74) is 6.88. The minimum Gasteiger partial charge on any atom is -0.0870 e. The van der Waals surface area contributed by atoms with E-state index in [1.807, 2.05) is 0 Å². The molecule has 0 aliphatic rings. The van der Waals surface area contributed by atoms with Crippen molar-refractivity contribution in [3.63, 3.8) is 0 Å². The molecule has 0 radical (unpaired) electrons. The minimum absolute atomic E-state index is 1.10. The van der Waals surface area contributed by atoms with Gasteiger partial charge in [0.25, 0.3) is 0 Å². The van der Waals surface area contributed by atoms with Gasteiger partial charge in [0.1, 0.15) is 0 Å². The first kappa shape index (κ1) is 12.8. The third kappa shape index (κ3) is 2.85. The predicted octanol–water partition coefficient (Wildman–Crippen LogP) is 5.06. The highest BCUT2D eigenvalue weighted by Gasteiger charge is 2.05. The van der Waals surface area contributed by atoms with Crippen LogP contribution in [-0.2, 0) is 0 Å². The van der Waals surface area contributed by atoms with Gasteiger partial charge in [0, 0.05) is 0 Å². The Balaban J connectivity index is 3.33. The zero-order chi connectivity index (χ0) is 12.1. The summed E-state index contributed by atoms with van der Waals surface area (Å²) in [4.78, 5) is 0. The largest absolute Gasteiger partial charge is 0.0870 e. The van der Waals surface area contributed by atoms with Crippen molar-refractivity contribution >= 4 is 5.57 Å². The molecule has 1 rings (SSSR count). The van der Waals surface area contributed by atoms with E-state index in [4.69, 9.17) is 0 Å². The first-order valence-corrected chi connectivity index (χ1v) is 6.00. The van der Waals surface area contributed by atoms with Crippen LogP contribution in [0.15, 0.2) is 35.9 Å². The van der Waals surface area contributed by atoms with E-state index in [0.717, 1.165) is 6.42 Å². The zero-order valence-corrected chi connectivity index (χ0v) is 11.1. The van der Waals surface area contributed by atoms with E-state index >= 15 is 0 Å². The van der Waals surface area contributed by atoms with E-state index in [9.17, 15) is 0 Å². The van der Waals surface area contributed by atoms with Crippen LogP contribution in [0, 0.1) is 13.8 Å². The summed E-state index contributed by atoms with van der Waals surface area (Å²) in [5, 5.41) is 0. The molecule has 0 fully saturated rings. The van der Waals surface area contributed by atoms with Gasteiger partial charge in [0.15, 0.2) is 0 Å². The van der Waals surface area contributed by atoms with Crippen LogP contribution in [-0.4, -0.2) is 0 Å². The Morgan fingerprint density at radius 1 is 1.25 bits per heavy atom. The SMILES string of the molecule is C/C=C\C(=C(\C)CC)c1ccc(C)cc1C. The van der Waals surface area contributed by atoms with Crippen LogP contribution in [0.1, 0.15) is 43.9 Å². The second kappa shape index (κ2) is 5.69. The lowest BCUT2D eigenvalue weighted by atomic mass is 9.94. The van der Waals surface area contributed by atoms with Crippen LogP contribution < -0.4 is 0 Å². The van der Waals surface area contributed by atoms with Gasteiger partial charge in [0.2, 0.25) is 0 Å². The maximum Gasteiger partial charge on any atom is -0.0155 e. The summed E-state index contributed by atoms with van der Waals surface area (Å²) in [7, 11) is 0. The van der Waals surface area contributed by atoms with Crippen molar-refractivity contribution in [3.05, 3.63) is 52.6 Å². The lowest BCUT2D eigenvalue weighted by molar-refractivity contribution is 1.10. The number of rotatable bonds is 3. The summed E-state index contributed by atoms with van der Waals surface area (Å²) in [6.07, 6.45) is 5.44. The number of aryl methyl sites for hydroxylation is 2. The Kier molecular flexibility index (Phi) is 4.54. The molecule has 16 heavy (non-hydrogen) atoms. The van der Waals surface area contributed by atoms with Gasteiger partial charge in [0.05, 0.1) is 0 Å². The molecule has 0 heterocycles. The smallest absolute Gasteiger partial charge is 0.0155 e. The highest BCUT2D eigenvalue weighted by molar-refractivity contribution is 5.78. The molecule has 0 bridgehead atoms. The number of allylic oxidation sites excluding steroid dienone is 4. The maximum atomic E-state index is 2.25. The molecule has 1 aromatic carbocycles. The fourth-order valence-electron chi connectivity index (χ4n) is 1.93. The van der Waals surface area contributed by atoms with Crippen molar-refractivity contribution < 1.29 is 0 Å². The fourth-order valence-corrected chi connectivity index (χ4v) is 1.93. The number of hydrogen-bond acceptors (Lipinski definition) is 0. The second-order valence-electron chi connectivity index (χ2n) is 4.37. The van der Waals surface area contributed by atoms with Crippen molar-refractivity contribution in [2.45, 2.75) is 41.0 Å². The van der Waals surface area contributed by atoms with Gasteiger partial charge in [-0.1, -0.05) is 48.4 Å². The summed E-state index contributed by atoms with van der Waals surface area (Å²) in [6, 6.07) is 6.68. The molecule has 0 amide bonds. The molecule has 0 atom stereocenters. The van der Waals surface area contributed by atoms with Gasteiger partial charge < -0.3 is 0 Å². The van der Waals surface area contributed by atoms with Gasteiger partial charge >= 0.3 is 0 Å². The normalized spacial score (nSPS) is 13.1. The highest BCUT2D eigenvalue weighted by atomic mass is 14.1. The molecule has 0 nitrogen and oxygen atoms in total. The van der Waals surface area contributed by atoms with Crippen molar-refractivity contribution in [3.8, 4) is 0 Å². The van der Waals surface area contributed by atoms with Crippen LogP contribution in [0.2, 0.25) is 0 Å². The Hall–Kier alpha value is -1.30. The van der Waals surface area contributed by atoms with Gasteiger partial charge in [-0.25, -0.2) is 0 Å². The minimum atomic E-state index is 1.10. The molecular weight excluding hydrogens is 192 g/mol. The molecule has 0 aliphatic carbocycles. The summed E-state index contributed by atoms with van der Waals surface area (Å²) >= 11 is 0. The molecule has 0 N–H and O–H groups in total. The van der Waals surface area contributed by atoms with Gasteiger partial charge in [-0.2, -0.15) is 0 Å². The molecule has 0 heteroatoms. The average Bonchev–Trinajstić information content (AvgIpc) is 2.26. The average molecular weight is 214 g/mol. The fraction of sp³-hybridized carbons (Fsp3) is 0.375.